The van der Waals surface area contributed by atoms with E-state index in [1.807, 2.05) is 28.8 Å². The van der Waals surface area contributed by atoms with Crippen LogP contribution in [0.25, 0.3) is 11.2 Å². The number of imidazole rings is 1. The first-order valence-corrected chi connectivity index (χ1v) is 13.5. The number of nitrogens with one attached hydrogen (secondary N) is 3. The molecule has 10 nitrogen and oxygen atoms in total. The molecule has 204 valence electrons. The first kappa shape index (κ1) is 27.8. The van der Waals surface area contributed by atoms with Gasteiger partial charge in [-0.1, -0.05) is 44.0 Å². The Morgan fingerprint density at radius 3 is 2.59 bits per heavy atom. The number of halogens is 1. The number of amides is 2. The maximum Gasteiger partial charge on any atom is 0.255 e. The third-order valence-corrected chi connectivity index (χ3v) is 6.40. The third kappa shape index (κ3) is 7.67. The summed E-state index contributed by atoms with van der Waals surface area (Å²) in [5.41, 5.74) is 9.67. The Morgan fingerprint density at radius 2 is 1.82 bits per heavy atom. The fourth-order valence-electron chi connectivity index (χ4n) is 4.06. The Balaban J connectivity index is 1.24. The number of nitrogens with two attached hydrogens (primary N) is 1. The molecular weight excluding hydrogens is 516 g/mol. The number of aromatic nitrogens is 4. The van der Waals surface area contributed by atoms with Crippen molar-refractivity contribution in [2.45, 2.75) is 52.1 Å². The number of anilines is 3. The highest BCUT2D eigenvalue weighted by Crippen LogP contribution is 2.22. The largest absolute Gasteiger partial charge is 0.397 e. The Morgan fingerprint density at radius 1 is 1.03 bits per heavy atom. The van der Waals surface area contributed by atoms with Crippen molar-refractivity contribution in [2.75, 3.05) is 22.9 Å². The summed E-state index contributed by atoms with van der Waals surface area (Å²) >= 11 is 6.15. The van der Waals surface area contributed by atoms with Crippen LogP contribution in [0.2, 0.25) is 5.28 Å². The minimum absolute atomic E-state index is 0.0632. The summed E-state index contributed by atoms with van der Waals surface area (Å²) in [6.45, 7) is 3.89. The molecule has 4 rings (SSSR count). The summed E-state index contributed by atoms with van der Waals surface area (Å²) in [5, 5.41) is 9.19. The molecule has 2 aromatic carbocycles. The third-order valence-electron chi connectivity index (χ3n) is 6.23. The van der Waals surface area contributed by atoms with Crippen LogP contribution in [0.3, 0.4) is 0 Å². The van der Waals surface area contributed by atoms with Gasteiger partial charge in [-0.25, -0.2) is 4.98 Å². The summed E-state index contributed by atoms with van der Waals surface area (Å²) < 4.78 is 1.89. The van der Waals surface area contributed by atoms with Gasteiger partial charge in [-0.15, -0.1) is 0 Å². The monoisotopic (exact) mass is 548 g/mol. The van der Waals surface area contributed by atoms with Crippen molar-refractivity contribution in [3.8, 4) is 0 Å². The summed E-state index contributed by atoms with van der Waals surface area (Å²) in [5.74, 6) is 0.318. The number of nitrogens with zero attached hydrogens (tertiary/aromatic N) is 4. The van der Waals surface area contributed by atoms with Gasteiger partial charge in [-0.3, -0.25) is 9.59 Å². The number of hydrogen-bond donors (Lipinski definition) is 4. The molecule has 0 saturated carbocycles. The van der Waals surface area contributed by atoms with Crippen molar-refractivity contribution >= 4 is 51.8 Å². The summed E-state index contributed by atoms with van der Waals surface area (Å²) in [7, 11) is 0. The molecule has 0 unspecified atom stereocenters. The summed E-state index contributed by atoms with van der Waals surface area (Å²) in [6, 6.07) is 14.2. The van der Waals surface area contributed by atoms with Crippen molar-refractivity contribution in [1.29, 1.82) is 0 Å². The molecule has 0 saturated heterocycles. The van der Waals surface area contributed by atoms with Crippen molar-refractivity contribution < 1.29 is 9.59 Å². The SMILES string of the molecule is CCCCCNc1nc(Cl)nc2c1ncn2CCCC(=O)NCc1ccc(C(=O)Nc2ccccc2N)cc1. The van der Waals surface area contributed by atoms with Gasteiger partial charge in [0.25, 0.3) is 5.91 Å². The number of unbranched alkanes of at least 4 members (excludes halogenated alkanes) is 2. The van der Waals surface area contributed by atoms with Crippen molar-refractivity contribution in [2.24, 2.45) is 0 Å². The molecule has 0 bridgehead atoms. The number of fused-ring (bicyclic) bond motifs is 1. The molecule has 4 aromatic rings. The summed E-state index contributed by atoms with van der Waals surface area (Å²) in [6.07, 6.45) is 5.98. The number of aryl methyl sites for hydroxylation is 1. The second-order valence-electron chi connectivity index (χ2n) is 9.20. The van der Waals surface area contributed by atoms with E-state index in [1.54, 1.807) is 30.6 Å². The zero-order chi connectivity index (χ0) is 27.6. The van der Waals surface area contributed by atoms with E-state index in [4.69, 9.17) is 17.3 Å². The van der Waals surface area contributed by atoms with Gasteiger partial charge in [0.1, 0.15) is 0 Å². The van der Waals surface area contributed by atoms with Crippen molar-refractivity contribution in [3.05, 3.63) is 71.3 Å². The van der Waals surface area contributed by atoms with Crippen LogP contribution in [0.5, 0.6) is 0 Å². The lowest BCUT2D eigenvalue weighted by Crippen LogP contribution is -2.23. The fourth-order valence-corrected chi connectivity index (χ4v) is 4.23. The maximum absolute atomic E-state index is 12.5. The second kappa shape index (κ2) is 13.6. The van der Waals surface area contributed by atoms with Crippen molar-refractivity contribution in [3.63, 3.8) is 0 Å². The average Bonchev–Trinajstić information content (AvgIpc) is 3.34. The molecule has 2 heterocycles. The minimum Gasteiger partial charge on any atom is -0.397 e. The van der Waals surface area contributed by atoms with Crippen LogP contribution in [0.15, 0.2) is 54.9 Å². The molecule has 0 radical (unpaired) electrons. The average molecular weight is 549 g/mol. The molecule has 0 aliphatic rings. The Kier molecular flexibility index (Phi) is 9.69. The Bertz CT molecular complexity index is 1420. The van der Waals surface area contributed by atoms with E-state index in [2.05, 4.69) is 37.8 Å². The number of nitrogen functional groups attached to an aromatic ring is 1. The van der Waals surface area contributed by atoms with E-state index in [1.165, 1.54) is 0 Å². The molecule has 0 aliphatic heterocycles. The van der Waals surface area contributed by atoms with Gasteiger partial charge >= 0.3 is 0 Å². The molecule has 2 aromatic heterocycles. The predicted molar refractivity (Wildman–Crippen MR) is 155 cm³/mol. The van der Waals surface area contributed by atoms with Crippen LogP contribution in [0, 0.1) is 0 Å². The fraction of sp³-hybridized carbons (Fsp3) is 0.321. The normalized spacial score (nSPS) is 10.9. The molecule has 0 fully saturated rings. The van der Waals surface area contributed by atoms with Gasteiger partial charge in [0.05, 0.1) is 17.7 Å². The van der Waals surface area contributed by atoms with Crippen LogP contribution in [-0.2, 0) is 17.9 Å². The van der Waals surface area contributed by atoms with E-state index in [-0.39, 0.29) is 17.1 Å². The van der Waals surface area contributed by atoms with E-state index in [9.17, 15) is 9.59 Å². The van der Waals surface area contributed by atoms with Gasteiger partial charge in [0, 0.05) is 31.6 Å². The minimum atomic E-state index is -0.249. The molecule has 2 amide bonds. The highest BCUT2D eigenvalue weighted by atomic mass is 35.5. The van der Waals surface area contributed by atoms with E-state index in [0.717, 1.165) is 31.4 Å². The zero-order valence-electron chi connectivity index (χ0n) is 21.9. The Hall–Kier alpha value is -4.18. The number of carbonyl (C=O) groups is 2. The smallest absolute Gasteiger partial charge is 0.255 e. The van der Waals surface area contributed by atoms with Gasteiger partial charge in [-0.05, 0) is 54.3 Å². The predicted octanol–water partition coefficient (Wildman–Crippen LogP) is 5.01. The topological polar surface area (TPSA) is 140 Å². The molecule has 5 N–H and O–H groups in total. The quantitative estimate of drug-likeness (QED) is 0.104. The number of benzene rings is 2. The molecular formula is C28H33ClN8O2. The highest BCUT2D eigenvalue weighted by molar-refractivity contribution is 6.28. The lowest BCUT2D eigenvalue weighted by Gasteiger charge is -2.09. The standard InChI is InChI=1S/C28H33ClN8O2/c1-2-3-6-15-31-25-24-26(36-28(29)35-25)37(18-33-24)16-7-10-23(38)32-17-19-11-13-20(14-12-19)27(39)34-22-9-5-4-8-21(22)30/h4-5,8-9,11-14,18H,2-3,6-7,10,15-17,30H2,1H3,(H,32,38)(H,34,39)(H,31,35,36). The lowest BCUT2D eigenvalue weighted by molar-refractivity contribution is -0.121. The molecule has 39 heavy (non-hydrogen) atoms. The number of hydrogen-bond acceptors (Lipinski definition) is 7. The van der Waals surface area contributed by atoms with Crippen LogP contribution in [0.4, 0.5) is 17.2 Å². The van der Waals surface area contributed by atoms with Gasteiger partial charge < -0.3 is 26.3 Å². The van der Waals surface area contributed by atoms with Gasteiger partial charge in [-0.2, -0.15) is 9.97 Å². The summed E-state index contributed by atoms with van der Waals surface area (Å²) in [4.78, 5) is 38.0. The van der Waals surface area contributed by atoms with Gasteiger partial charge in [0.15, 0.2) is 17.0 Å². The van der Waals surface area contributed by atoms with Crippen LogP contribution >= 0.6 is 11.6 Å². The second-order valence-corrected chi connectivity index (χ2v) is 9.54. The molecule has 11 heteroatoms. The number of para-hydroxylation sites is 2. The van der Waals surface area contributed by atoms with E-state index in [0.29, 0.717) is 59.9 Å². The van der Waals surface area contributed by atoms with E-state index >= 15 is 0 Å². The maximum atomic E-state index is 12.5. The van der Waals surface area contributed by atoms with Crippen molar-refractivity contribution in [1.82, 2.24) is 24.8 Å². The zero-order valence-corrected chi connectivity index (χ0v) is 22.7. The molecule has 0 atom stereocenters. The lowest BCUT2D eigenvalue weighted by atomic mass is 10.1. The first-order chi connectivity index (χ1) is 18.9. The van der Waals surface area contributed by atoms with Crippen LogP contribution < -0.4 is 21.7 Å². The van der Waals surface area contributed by atoms with Crippen LogP contribution in [0.1, 0.15) is 54.9 Å². The molecule has 0 aliphatic carbocycles. The van der Waals surface area contributed by atoms with Crippen LogP contribution in [-0.4, -0.2) is 37.9 Å². The Labute approximate surface area is 232 Å². The van der Waals surface area contributed by atoms with E-state index < -0.39 is 0 Å². The number of carbonyl (C=O) groups excluding carboxylic acids is 2. The number of rotatable bonds is 13. The first-order valence-electron chi connectivity index (χ1n) is 13.1. The van der Waals surface area contributed by atoms with Gasteiger partial charge in [0.2, 0.25) is 11.2 Å². The highest BCUT2D eigenvalue weighted by Gasteiger charge is 2.13. The molecule has 0 spiro atoms.